The summed E-state index contributed by atoms with van der Waals surface area (Å²) in [6.45, 7) is 1.77. The third-order valence-corrected chi connectivity index (χ3v) is 1.35. The molecule has 0 bridgehead atoms. The van der Waals surface area contributed by atoms with Crippen molar-refractivity contribution in [3.05, 3.63) is 33.7 Å². The van der Waals surface area contributed by atoms with Crippen LogP contribution in [0.3, 0.4) is 0 Å². The maximum atomic E-state index is 11.0. The molecule has 0 saturated heterocycles. The van der Waals surface area contributed by atoms with Crippen LogP contribution in [0.15, 0.2) is 16.9 Å². The minimum absolute atomic E-state index is 0.203. The molecule has 4 nitrogen and oxygen atoms in total. The van der Waals surface area contributed by atoms with E-state index in [4.69, 9.17) is 11.1 Å². The van der Waals surface area contributed by atoms with E-state index in [9.17, 15) is 4.79 Å². The molecule has 11 heavy (non-hydrogen) atoms. The Kier molecular flexibility index (Phi) is 1.76. The summed E-state index contributed by atoms with van der Waals surface area (Å²) in [5.74, 6) is -0.203. The highest BCUT2D eigenvalue weighted by Gasteiger charge is 2.00. The molecule has 0 aliphatic rings. The number of aromatic amines is 1. The van der Waals surface area contributed by atoms with E-state index in [1.807, 2.05) is 0 Å². The van der Waals surface area contributed by atoms with Crippen molar-refractivity contribution < 1.29 is 0 Å². The number of aromatic nitrogens is 1. The highest BCUT2D eigenvalue weighted by molar-refractivity contribution is 5.94. The zero-order valence-electron chi connectivity index (χ0n) is 6.14. The van der Waals surface area contributed by atoms with Gasteiger partial charge in [-0.3, -0.25) is 10.2 Å². The quantitative estimate of drug-likeness (QED) is 0.389. The molecule has 0 spiro atoms. The Hall–Kier alpha value is -1.58. The van der Waals surface area contributed by atoms with Crippen molar-refractivity contribution in [2.45, 2.75) is 6.92 Å². The first kappa shape index (κ1) is 7.53. The van der Waals surface area contributed by atoms with Gasteiger partial charge >= 0.3 is 0 Å². The van der Waals surface area contributed by atoms with Gasteiger partial charge in [0.25, 0.3) is 5.56 Å². The van der Waals surface area contributed by atoms with Gasteiger partial charge in [0.1, 0.15) is 5.84 Å². The summed E-state index contributed by atoms with van der Waals surface area (Å²) in [4.78, 5) is 13.5. The largest absolute Gasteiger partial charge is 0.384 e. The summed E-state index contributed by atoms with van der Waals surface area (Å²) in [6, 6.07) is 3.24. The standard InChI is InChI=1S/C7H9N3O/c1-4-2-3-5(6(8)9)7(11)10-4/h2-3H,1H3,(H3,8,9)(H,10,11). The van der Waals surface area contributed by atoms with Gasteiger partial charge < -0.3 is 10.7 Å². The van der Waals surface area contributed by atoms with Gasteiger partial charge in [-0.2, -0.15) is 0 Å². The lowest BCUT2D eigenvalue weighted by Crippen LogP contribution is -2.23. The number of hydrogen-bond donors (Lipinski definition) is 3. The molecule has 0 aliphatic carbocycles. The van der Waals surface area contributed by atoms with Crippen LogP contribution in [-0.2, 0) is 0 Å². The number of H-pyrrole nitrogens is 1. The van der Waals surface area contributed by atoms with Crippen molar-refractivity contribution in [3.63, 3.8) is 0 Å². The Morgan fingerprint density at radius 3 is 2.73 bits per heavy atom. The Labute approximate surface area is 63.6 Å². The molecule has 0 amide bonds. The summed E-state index contributed by atoms with van der Waals surface area (Å²) < 4.78 is 0. The molecule has 0 radical (unpaired) electrons. The molecule has 4 heteroatoms. The molecule has 0 fully saturated rings. The number of nitrogens with two attached hydrogens (primary N) is 1. The number of hydrogen-bond acceptors (Lipinski definition) is 2. The Bertz CT molecular complexity index is 340. The number of nitrogens with one attached hydrogen (secondary N) is 2. The van der Waals surface area contributed by atoms with Crippen molar-refractivity contribution in [1.29, 1.82) is 5.41 Å². The zero-order valence-corrected chi connectivity index (χ0v) is 6.14. The number of aryl methyl sites for hydroxylation is 1. The highest BCUT2D eigenvalue weighted by Crippen LogP contribution is 1.90. The van der Waals surface area contributed by atoms with E-state index < -0.39 is 0 Å². The van der Waals surface area contributed by atoms with Gasteiger partial charge in [0, 0.05) is 5.69 Å². The van der Waals surface area contributed by atoms with Crippen molar-refractivity contribution in [2.75, 3.05) is 0 Å². The fourth-order valence-electron chi connectivity index (χ4n) is 0.784. The molecule has 0 aliphatic heterocycles. The minimum Gasteiger partial charge on any atom is -0.384 e. The molecular weight excluding hydrogens is 142 g/mol. The lowest BCUT2D eigenvalue weighted by atomic mass is 10.2. The van der Waals surface area contributed by atoms with E-state index in [2.05, 4.69) is 4.98 Å². The molecule has 1 aromatic rings. The number of pyridine rings is 1. The first-order valence-electron chi connectivity index (χ1n) is 3.15. The fourth-order valence-corrected chi connectivity index (χ4v) is 0.784. The first-order chi connectivity index (χ1) is 5.11. The monoisotopic (exact) mass is 151 g/mol. The molecule has 1 heterocycles. The third-order valence-electron chi connectivity index (χ3n) is 1.35. The molecule has 0 atom stereocenters. The highest BCUT2D eigenvalue weighted by atomic mass is 16.1. The van der Waals surface area contributed by atoms with Crippen molar-refractivity contribution in [3.8, 4) is 0 Å². The average molecular weight is 151 g/mol. The molecule has 0 saturated carbocycles. The molecule has 4 N–H and O–H groups in total. The van der Waals surface area contributed by atoms with Crippen molar-refractivity contribution >= 4 is 5.84 Å². The van der Waals surface area contributed by atoms with Crippen molar-refractivity contribution in [1.82, 2.24) is 4.98 Å². The lowest BCUT2D eigenvalue weighted by Gasteiger charge is -1.96. The van der Waals surface area contributed by atoms with Gasteiger partial charge in [-0.15, -0.1) is 0 Å². The Morgan fingerprint density at radius 2 is 2.27 bits per heavy atom. The molecular formula is C7H9N3O. The van der Waals surface area contributed by atoms with Gasteiger partial charge in [0.2, 0.25) is 0 Å². The maximum absolute atomic E-state index is 11.0. The van der Waals surface area contributed by atoms with Gasteiger partial charge in [-0.25, -0.2) is 0 Å². The summed E-state index contributed by atoms with van der Waals surface area (Å²) in [5.41, 5.74) is 5.80. The van der Waals surface area contributed by atoms with Crippen LogP contribution in [0.4, 0.5) is 0 Å². The second-order valence-corrected chi connectivity index (χ2v) is 2.30. The molecule has 58 valence electrons. The van der Waals surface area contributed by atoms with Gasteiger partial charge in [-0.05, 0) is 19.1 Å². The first-order valence-corrected chi connectivity index (χ1v) is 3.15. The van der Waals surface area contributed by atoms with Crippen LogP contribution in [0.1, 0.15) is 11.3 Å². The van der Waals surface area contributed by atoms with E-state index in [1.165, 1.54) is 6.07 Å². The number of nitrogen functional groups attached to an aromatic ring is 1. The van der Waals surface area contributed by atoms with Crippen LogP contribution in [0.5, 0.6) is 0 Å². The number of amidine groups is 1. The van der Waals surface area contributed by atoms with Gasteiger partial charge in [-0.1, -0.05) is 0 Å². The maximum Gasteiger partial charge on any atom is 0.259 e. The summed E-state index contributed by atoms with van der Waals surface area (Å²) in [5, 5.41) is 7.00. The predicted molar refractivity (Wildman–Crippen MR) is 42.8 cm³/mol. The second kappa shape index (κ2) is 2.57. The summed E-state index contributed by atoms with van der Waals surface area (Å²) in [6.07, 6.45) is 0. The molecule has 0 unspecified atom stereocenters. The summed E-state index contributed by atoms with van der Waals surface area (Å²) >= 11 is 0. The SMILES string of the molecule is Cc1ccc(C(=N)N)c(=O)[nH]1. The van der Waals surface area contributed by atoms with Crippen LogP contribution in [0, 0.1) is 12.3 Å². The van der Waals surface area contributed by atoms with E-state index in [1.54, 1.807) is 13.0 Å². The average Bonchev–Trinajstić information content (AvgIpc) is 1.85. The predicted octanol–water partition coefficient (Wildman–Crippen LogP) is -0.0326. The van der Waals surface area contributed by atoms with Gasteiger partial charge in [0.15, 0.2) is 0 Å². The van der Waals surface area contributed by atoms with Crippen LogP contribution in [-0.4, -0.2) is 10.8 Å². The molecule has 0 aromatic carbocycles. The van der Waals surface area contributed by atoms with Crippen LogP contribution >= 0.6 is 0 Å². The Morgan fingerprint density at radius 1 is 1.64 bits per heavy atom. The summed E-state index contributed by atoms with van der Waals surface area (Å²) in [7, 11) is 0. The minimum atomic E-state index is -0.308. The fraction of sp³-hybridized carbons (Fsp3) is 0.143. The number of rotatable bonds is 1. The Balaban J connectivity index is 3.32. The topological polar surface area (TPSA) is 82.7 Å². The van der Waals surface area contributed by atoms with Crippen LogP contribution in [0.25, 0.3) is 0 Å². The third kappa shape index (κ3) is 1.46. The van der Waals surface area contributed by atoms with Crippen molar-refractivity contribution in [2.24, 2.45) is 5.73 Å². The van der Waals surface area contributed by atoms with E-state index in [0.717, 1.165) is 5.69 Å². The molecule has 1 rings (SSSR count). The normalized spacial score (nSPS) is 9.55. The van der Waals surface area contributed by atoms with E-state index >= 15 is 0 Å². The van der Waals surface area contributed by atoms with E-state index in [0.29, 0.717) is 0 Å². The second-order valence-electron chi connectivity index (χ2n) is 2.30. The zero-order chi connectivity index (χ0) is 8.43. The smallest absolute Gasteiger partial charge is 0.259 e. The van der Waals surface area contributed by atoms with Crippen LogP contribution < -0.4 is 11.3 Å². The molecule has 1 aromatic heterocycles. The lowest BCUT2D eigenvalue weighted by molar-refractivity contribution is 1.13. The van der Waals surface area contributed by atoms with E-state index in [-0.39, 0.29) is 17.0 Å². The van der Waals surface area contributed by atoms with Gasteiger partial charge in [0.05, 0.1) is 5.56 Å². The van der Waals surface area contributed by atoms with Crippen LogP contribution in [0.2, 0.25) is 0 Å².